The van der Waals surface area contributed by atoms with Gasteiger partial charge in [0.2, 0.25) is 0 Å². The summed E-state index contributed by atoms with van der Waals surface area (Å²) >= 11 is 0. The largest absolute Gasteiger partial charge is 0.465 e. The molecule has 6 nitrogen and oxygen atoms in total. The Bertz CT molecular complexity index is 493. The Labute approximate surface area is 116 Å². The zero-order chi connectivity index (χ0) is 15.1. The highest BCUT2D eigenvalue weighted by Crippen LogP contribution is 2.17. The van der Waals surface area contributed by atoms with Crippen LogP contribution in [0, 0.1) is 5.82 Å². The fourth-order valence-corrected chi connectivity index (χ4v) is 1.58. The molecule has 7 heteroatoms. The number of benzene rings is 1. The number of rotatable bonds is 5. The maximum atomic E-state index is 13.6. The minimum Gasteiger partial charge on any atom is -0.465 e. The highest BCUT2D eigenvalue weighted by Gasteiger charge is 2.15. The lowest BCUT2D eigenvalue weighted by molar-refractivity contribution is 0.0600. The van der Waals surface area contributed by atoms with Crippen molar-refractivity contribution in [2.24, 2.45) is 0 Å². The number of carbonyl (C=O) groups is 2. The lowest BCUT2D eigenvalue weighted by atomic mass is 10.2. The zero-order valence-electron chi connectivity index (χ0n) is 11.4. The van der Waals surface area contributed by atoms with Crippen molar-refractivity contribution in [2.45, 2.75) is 6.92 Å². The van der Waals surface area contributed by atoms with Crippen molar-refractivity contribution in [3.8, 4) is 0 Å². The molecule has 1 rings (SSSR count). The number of hydrogen-bond donors (Lipinski definition) is 2. The Kier molecular flexibility index (Phi) is 5.92. The molecular weight excluding hydrogens is 267 g/mol. The van der Waals surface area contributed by atoms with Crippen molar-refractivity contribution in [3.63, 3.8) is 0 Å². The van der Waals surface area contributed by atoms with Gasteiger partial charge in [-0.3, -0.25) is 0 Å². The number of hydrogen-bond acceptors (Lipinski definition) is 4. The van der Waals surface area contributed by atoms with Gasteiger partial charge in [-0.05, 0) is 25.1 Å². The number of nitrogens with one attached hydrogen (secondary N) is 1. The molecule has 1 aromatic carbocycles. The van der Waals surface area contributed by atoms with Gasteiger partial charge in [-0.25, -0.2) is 14.0 Å². The van der Waals surface area contributed by atoms with Gasteiger partial charge in [0.1, 0.15) is 5.82 Å². The standard InChI is InChI=1S/C13H17FN2O4/c1-3-16(6-7-17)13(19)15-11-8-9(12(18)20-2)4-5-10(11)14/h4-5,8,17H,3,6-7H2,1-2H3,(H,15,19). The van der Waals surface area contributed by atoms with Crippen LogP contribution in [0.2, 0.25) is 0 Å². The summed E-state index contributed by atoms with van der Waals surface area (Å²) in [6.45, 7) is 2.05. The second-order valence-corrected chi connectivity index (χ2v) is 3.92. The Hall–Kier alpha value is -2.15. The predicted molar refractivity (Wildman–Crippen MR) is 71.1 cm³/mol. The van der Waals surface area contributed by atoms with Crippen molar-refractivity contribution in [3.05, 3.63) is 29.6 Å². The number of aliphatic hydroxyl groups excluding tert-OH is 1. The molecule has 0 heterocycles. The minimum absolute atomic E-state index is 0.116. The van der Waals surface area contributed by atoms with Gasteiger partial charge in [0.05, 0.1) is 25.0 Å². The number of halogens is 1. The van der Waals surface area contributed by atoms with Gasteiger partial charge in [-0.15, -0.1) is 0 Å². The second kappa shape index (κ2) is 7.44. The summed E-state index contributed by atoms with van der Waals surface area (Å²) in [6.07, 6.45) is 0. The van der Waals surface area contributed by atoms with Crippen LogP contribution in [0.15, 0.2) is 18.2 Å². The topological polar surface area (TPSA) is 78.9 Å². The fourth-order valence-electron chi connectivity index (χ4n) is 1.58. The Balaban J connectivity index is 2.90. The number of ether oxygens (including phenoxy) is 1. The molecule has 1 aromatic rings. The average Bonchev–Trinajstić information content (AvgIpc) is 2.45. The quantitative estimate of drug-likeness (QED) is 0.802. The molecular formula is C13H17FN2O4. The molecule has 0 aliphatic rings. The molecule has 0 fully saturated rings. The van der Waals surface area contributed by atoms with Gasteiger partial charge in [0.15, 0.2) is 0 Å². The van der Waals surface area contributed by atoms with E-state index in [4.69, 9.17) is 5.11 Å². The van der Waals surface area contributed by atoms with E-state index < -0.39 is 17.8 Å². The third-order valence-electron chi connectivity index (χ3n) is 2.67. The van der Waals surface area contributed by atoms with Crippen LogP contribution in [0.4, 0.5) is 14.9 Å². The molecule has 2 amide bonds. The van der Waals surface area contributed by atoms with E-state index in [1.54, 1.807) is 6.92 Å². The fraction of sp³-hybridized carbons (Fsp3) is 0.385. The number of anilines is 1. The Morgan fingerprint density at radius 3 is 2.70 bits per heavy atom. The zero-order valence-corrected chi connectivity index (χ0v) is 11.4. The minimum atomic E-state index is -0.661. The van der Waals surface area contributed by atoms with Crippen LogP contribution < -0.4 is 5.32 Å². The first-order valence-corrected chi connectivity index (χ1v) is 6.08. The van der Waals surface area contributed by atoms with E-state index in [0.717, 1.165) is 6.07 Å². The lowest BCUT2D eigenvalue weighted by Crippen LogP contribution is -2.37. The molecule has 2 N–H and O–H groups in total. The molecule has 0 saturated heterocycles. The summed E-state index contributed by atoms with van der Waals surface area (Å²) < 4.78 is 18.1. The molecule has 0 bridgehead atoms. The molecule has 0 aliphatic heterocycles. The van der Waals surface area contributed by atoms with E-state index in [9.17, 15) is 14.0 Å². The highest BCUT2D eigenvalue weighted by molar-refractivity contribution is 5.94. The number of nitrogens with zero attached hydrogens (tertiary/aromatic N) is 1. The second-order valence-electron chi connectivity index (χ2n) is 3.92. The summed E-state index contributed by atoms with van der Waals surface area (Å²) in [4.78, 5) is 24.5. The number of esters is 1. The summed E-state index contributed by atoms with van der Waals surface area (Å²) in [6, 6.07) is 2.99. The van der Waals surface area contributed by atoms with Crippen LogP contribution in [0.3, 0.4) is 0 Å². The van der Waals surface area contributed by atoms with Gasteiger partial charge in [0.25, 0.3) is 0 Å². The molecule has 0 aliphatic carbocycles. The first-order chi connectivity index (χ1) is 9.53. The van der Waals surface area contributed by atoms with Gasteiger partial charge < -0.3 is 20.1 Å². The van der Waals surface area contributed by atoms with Gasteiger partial charge >= 0.3 is 12.0 Å². The number of likely N-dealkylation sites (N-methyl/N-ethyl adjacent to an activating group) is 1. The van der Waals surface area contributed by atoms with E-state index >= 15 is 0 Å². The average molecular weight is 284 g/mol. The Morgan fingerprint density at radius 2 is 2.15 bits per heavy atom. The third-order valence-corrected chi connectivity index (χ3v) is 2.67. The van der Waals surface area contributed by atoms with Gasteiger partial charge in [0, 0.05) is 13.1 Å². The van der Waals surface area contributed by atoms with E-state index in [2.05, 4.69) is 10.1 Å². The molecule has 0 spiro atoms. The molecule has 0 radical (unpaired) electrons. The molecule has 0 atom stereocenters. The maximum absolute atomic E-state index is 13.6. The van der Waals surface area contributed by atoms with E-state index in [1.165, 1.54) is 24.1 Å². The van der Waals surface area contributed by atoms with Crippen LogP contribution >= 0.6 is 0 Å². The maximum Gasteiger partial charge on any atom is 0.337 e. The normalized spacial score (nSPS) is 10.0. The Morgan fingerprint density at radius 1 is 1.45 bits per heavy atom. The van der Waals surface area contributed by atoms with E-state index in [-0.39, 0.29) is 24.4 Å². The summed E-state index contributed by atoms with van der Waals surface area (Å²) in [7, 11) is 1.21. The van der Waals surface area contributed by atoms with Crippen LogP contribution in [-0.2, 0) is 4.74 Å². The highest BCUT2D eigenvalue weighted by atomic mass is 19.1. The molecule has 0 unspecified atom stereocenters. The SMILES string of the molecule is CCN(CCO)C(=O)Nc1cc(C(=O)OC)ccc1F. The van der Waals surface area contributed by atoms with Crippen molar-refractivity contribution >= 4 is 17.7 Å². The van der Waals surface area contributed by atoms with E-state index in [1.807, 2.05) is 0 Å². The number of aliphatic hydroxyl groups is 1. The van der Waals surface area contributed by atoms with Crippen LogP contribution in [-0.4, -0.2) is 48.8 Å². The summed E-state index contributed by atoms with van der Waals surface area (Å²) in [5.41, 5.74) is 0.0173. The van der Waals surface area contributed by atoms with E-state index in [0.29, 0.717) is 6.54 Å². The first kappa shape index (κ1) is 15.9. The van der Waals surface area contributed by atoms with Crippen LogP contribution in [0.1, 0.15) is 17.3 Å². The number of carbonyl (C=O) groups excluding carboxylic acids is 2. The monoisotopic (exact) mass is 284 g/mol. The van der Waals surface area contributed by atoms with Crippen molar-refractivity contribution < 1.29 is 23.8 Å². The summed E-state index contributed by atoms with van der Waals surface area (Å²) in [5, 5.41) is 11.2. The molecule has 0 saturated carbocycles. The third kappa shape index (κ3) is 3.92. The number of urea groups is 1. The van der Waals surface area contributed by atoms with Crippen molar-refractivity contribution in [2.75, 3.05) is 32.1 Å². The number of amides is 2. The van der Waals surface area contributed by atoms with Crippen molar-refractivity contribution in [1.29, 1.82) is 0 Å². The predicted octanol–water partition coefficient (Wildman–Crippen LogP) is 1.46. The van der Waals surface area contributed by atoms with Gasteiger partial charge in [-0.2, -0.15) is 0 Å². The molecule has 0 aromatic heterocycles. The smallest absolute Gasteiger partial charge is 0.337 e. The number of methoxy groups -OCH3 is 1. The van der Waals surface area contributed by atoms with Crippen LogP contribution in [0.25, 0.3) is 0 Å². The van der Waals surface area contributed by atoms with Gasteiger partial charge in [-0.1, -0.05) is 0 Å². The first-order valence-electron chi connectivity index (χ1n) is 6.08. The van der Waals surface area contributed by atoms with Crippen molar-refractivity contribution in [1.82, 2.24) is 4.90 Å². The molecule has 20 heavy (non-hydrogen) atoms. The molecule has 110 valence electrons. The summed E-state index contributed by atoms with van der Waals surface area (Å²) in [5.74, 6) is -1.28. The lowest BCUT2D eigenvalue weighted by Gasteiger charge is -2.20. The van der Waals surface area contributed by atoms with Crippen LogP contribution in [0.5, 0.6) is 0 Å².